The van der Waals surface area contributed by atoms with Crippen LogP contribution in [0.2, 0.25) is 5.02 Å². The number of carbonyl (C=O) groups is 1. The number of piperidine rings is 1. The minimum absolute atomic E-state index is 0.131. The van der Waals surface area contributed by atoms with Crippen LogP contribution in [0.3, 0.4) is 0 Å². The van der Waals surface area contributed by atoms with Gasteiger partial charge in [0.05, 0.1) is 28.7 Å². The third-order valence-corrected chi connectivity index (χ3v) is 5.09. The number of likely N-dealkylation sites (tertiary alicyclic amines) is 1. The van der Waals surface area contributed by atoms with Crippen molar-refractivity contribution in [3.8, 4) is 0 Å². The molecule has 1 saturated heterocycles. The van der Waals surface area contributed by atoms with Crippen molar-refractivity contribution in [1.82, 2.24) is 19.8 Å². The Bertz CT molecular complexity index is 927. The fourth-order valence-electron chi connectivity index (χ4n) is 3.26. The van der Waals surface area contributed by atoms with Crippen molar-refractivity contribution in [2.75, 3.05) is 19.6 Å². The highest BCUT2D eigenvalue weighted by Crippen LogP contribution is 2.28. The number of hydrogen-bond donors (Lipinski definition) is 1. The van der Waals surface area contributed by atoms with E-state index >= 15 is 0 Å². The van der Waals surface area contributed by atoms with Crippen LogP contribution in [-0.4, -0.2) is 52.0 Å². The van der Waals surface area contributed by atoms with Crippen LogP contribution in [0.5, 0.6) is 0 Å². The number of aromatic nitrogens is 2. The van der Waals surface area contributed by atoms with Crippen molar-refractivity contribution < 1.29 is 9.18 Å². The number of carbonyl (C=O) groups excluding carboxylic acids is 1. The number of amidine groups is 1. The summed E-state index contributed by atoms with van der Waals surface area (Å²) in [5.74, 6) is 0.725. The topological polar surface area (TPSA) is 62.5 Å². The van der Waals surface area contributed by atoms with Crippen LogP contribution in [0.15, 0.2) is 29.7 Å². The predicted molar refractivity (Wildman–Crippen MR) is 100 cm³/mol. The van der Waals surface area contributed by atoms with Gasteiger partial charge in [0.25, 0.3) is 5.91 Å². The molecular formula is C18H19ClFN5O. The molecule has 2 aromatic rings. The normalized spacial score (nSPS) is 18.5. The van der Waals surface area contributed by atoms with Crippen molar-refractivity contribution in [3.63, 3.8) is 0 Å². The number of nitrogens with zero attached hydrogens (tertiary/aromatic N) is 4. The molecule has 6 nitrogen and oxygen atoms in total. The van der Waals surface area contributed by atoms with Crippen LogP contribution in [0, 0.1) is 0 Å². The highest BCUT2D eigenvalue weighted by atomic mass is 35.5. The van der Waals surface area contributed by atoms with Gasteiger partial charge in [-0.15, -0.1) is 0 Å². The molecule has 8 heteroatoms. The largest absolute Gasteiger partial charge is 0.349 e. The minimum atomic E-state index is -0.813. The Balaban J connectivity index is 1.64. The number of alkyl halides is 1. The molecule has 1 N–H and O–H groups in total. The fraction of sp³-hybridized carbons (Fsp3) is 0.389. The molecule has 1 amide bonds. The van der Waals surface area contributed by atoms with Crippen molar-refractivity contribution in [3.05, 3.63) is 35.2 Å². The maximum atomic E-state index is 13.3. The lowest BCUT2D eigenvalue weighted by molar-refractivity contribution is 0.0667. The molecule has 0 radical (unpaired) electrons. The van der Waals surface area contributed by atoms with Crippen LogP contribution in [0.4, 0.5) is 4.39 Å². The standard InChI is InChI=1S/C18H19ClFN5O/c1-11-21-8-14(9-22-11)25-10-16(19)15-6-12(7-23-17(15)25)18(26)24-4-2-13(20)3-5-24/h6-8,10,13H,2-5,9H2,1H3,(H,21,22). The summed E-state index contributed by atoms with van der Waals surface area (Å²) < 4.78 is 15.2. The quantitative estimate of drug-likeness (QED) is 0.877. The maximum absolute atomic E-state index is 13.3. The Kier molecular flexibility index (Phi) is 4.40. The van der Waals surface area contributed by atoms with E-state index < -0.39 is 6.17 Å². The third kappa shape index (κ3) is 3.07. The second kappa shape index (κ2) is 6.72. The maximum Gasteiger partial charge on any atom is 0.255 e. The Labute approximate surface area is 155 Å². The van der Waals surface area contributed by atoms with Gasteiger partial charge in [0.1, 0.15) is 11.8 Å². The molecule has 136 valence electrons. The molecule has 0 bridgehead atoms. The third-order valence-electron chi connectivity index (χ3n) is 4.79. The summed E-state index contributed by atoms with van der Waals surface area (Å²) in [6.07, 6.45) is 5.18. The Morgan fingerprint density at radius 2 is 2.15 bits per heavy atom. The van der Waals surface area contributed by atoms with Crippen molar-refractivity contribution in [1.29, 1.82) is 0 Å². The van der Waals surface area contributed by atoms with Gasteiger partial charge in [0.2, 0.25) is 0 Å². The van der Waals surface area contributed by atoms with Crippen LogP contribution >= 0.6 is 11.6 Å². The van der Waals surface area contributed by atoms with E-state index in [0.717, 1.165) is 11.5 Å². The molecule has 2 aromatic heterocycles. The highest BCUT2D eigenvalue weighted by molar-refractivity contribution is 6.35. The fourth-order valence-corrected chi connectivity index (χ4v) is 3.50. The van der Waals surface area contributed by atoms with Gasteiger partial charge in [-0.2, -0.15) is 0 Å². The lowest BCUT2D eigenvalue weighted by Crippen LogP contribution is -2.39. The first-order valence-corrected chi connectivity index (χ1v) is 8.97. The van der Waals surface area contributed by atoms with Gasteiger partial charge in [0.15, 0.2) is 0 Å². The number of aliphatic imine (C=N–C) groups is 1. The first-order valence-electron chi connectivity index (χ1n) is 8.60. The zero-order valence-electron chi connectivity index (χ0n) is 14.4. The molecule has 0 atom stereocenters. The predicted octanol–water partition coefficient (Wildman–Crippen LogP) is 3.08. The summed E-state index contributed by atoms with van der Waals surface area (Å²) in [6, 6.07) is 1.76. The van der Waals surface area contributed by atoms with Crippen molar-refractivity contribution in [2.24, 2.45) is 4.99 Å². The summed E-state index contributed by atoms with van der Waals surface area (Å²) in [5.41, 5.74) is 2.07. The zero-order chi connectivity index (χ0) is 18.3. The van der Waals surface area contributed by atoms with E-state index in [4.69, 9.17) is 11.6 Å². The molecule has 0 spiro atoms. The number of amides is 1. The summed E-state index contributed by atoms with van der Waals surface area (Å²) in [5, 5.41) is 4.32. The minimum Gasteiger partial charge on any atom is -0.349 e. The van der Waals surface area contributed by atoms with Crippen molar-refractivity contribution >= 4 is 40.1 Å². The molecule has 4 heterocycles. The lowest BCUT2D eigenvalue weighted by Gasteiger charge is -2.28. The second-order valence-electron chi connectivity index (χ2n) is 6.59. The number of nitrogens with one attached hydrogen (secondary N) is 1. The SMILES string of the molecule is CC1=NCC(n2cc(Cl)c3cc(C(=O)N4CCC(F)CC4)cnc32)=CN1. The molecule has 0 aromatic carbocycles. The van der Waals surface area contributed by atoms with Crippen LogP contribution in [0.25, 0.3) is 16.7 Å². The smallest absolute Gasteiger partial charge is 0.255 e. The van der Waals surface area contributed by atoms with E-state index in [1.807, 2.05) is 17.7 Å². The molecule has 0 aliphatic carbocycles. The molecule has 26 heavy (non-hydrogen) atoms. The van der Waals surface area contributed by atoms with E-state index in [1.165, 1.54) is 0 Å². The van der Waals surface area contributed by atoms with Gasteiger partial charge in [-0.3, -0.25) is 9.79 Å². The summed E-state index contributed by atoms with van der Waals surface area (Å²) >= 11 is 6.39. The number of pyridine rings is 1. The summed E-state index contributed by atoms with van der Waals surface area (Å²) in [4.78, 5) is 23.2. The molecule has 0 unspecified atom stereocenters. The van der Waals surface area contributed by atoms with Gasteiger partial charge >= 0.3 is 0 Å². The first-order chi connectivity index (χ1) is 12.5. The molecule has 1 fully saturated rings. The second-order valence-corrected chi connectivity index (χ2v) is 7.00. The molecular weight excluding hydrogens is 357 g/mol. The van der Waals surface area contributed by atoms with E-state index in [1.54, 1.807) is 23.4 Å². The van der Waals surface area contributed by atoms with E-state index in [0.29, 0.717) is 54.1 Å². The van der Waals surface area contributed by atoms with Crippen LogP contribution < -0.4 is 5.32 Å². The molecule has 2 aliphatic heterocycles. The first kappa shape index (κ1) is 17.0. The summed E-state index contributed by atoms with van der Waals surface area (Å²) in [6.45, 7) is 3.29. The number of fused-ring (bicyclic) bond motifs is 1. The molecule has 2 aliphatic rings. The van der Waals surface area contributed by atoms with Crippen LogP contribution in [-0.2, 0) is 0 Å². The van der Waals surface area contributed by atoms with Gasteiger partial charge < -0.3 is 14.8 Å². The zero-order valence-corrected chi connectivity index (χ0v) is 15.1. The Morgan fingerprint density at radius 1 is 1.38 bits per heavy atom. The number of rotatable bonds is 2. The van der Waals surface area contributed by atoms with Gasteiger partial charge in [-0.1, -0.05) is 11.6 Å². The van der Waals surface area contributed by atoms with Crippen LogP contribution in [0.1, 0.15) is 30.1 Å². The molecule has 0 saturated carbocycles. The van der Waals surface area contributed by atoms with E-state index in [-0.39, 0.29) is 5.91 Å². The Hall–Kier alpha value is -2.41. The number of halogens is 2. The van der Waals surface area contributed by atoms with Gasteiger partial charge in [0, 0.05) is 37.1 Å². The highest BCUT2D eigenvalue weighted by Gasteiger charge is 2.24. The Morgan fingerprint density at radius 3 is 2.85 bits per heavy atom. The van der Waals surface area contributed by atoms with E-state index in [9.17, 15) is 9.18 Å². The summed E-state index contributed by atoms with van der Waals surface area (Å²) in [7, 11) is 0. The molecule has 4 rings (SSSR count). The average molecular weight is 376 g/mol. The van der Waals surface area contributed by atoms with Gasteiger partial charge in [-0.05, 0) is 25.8 Å². The lowest BCUT2D eigenvalue weighted by atomic mass is 10.1. The monoisotopic (exact) mass is 375 g/mol. The number of hydrogen-bond acceptors (Lipinski definition) is 4. The van der Waals surface area contributed by atoms with Crippen molar-refractivity contribution in [2.45, 2.75) is 25.9 Å². The average Bonchev–Trinajstić information content (AvgIpc) is 2.99. The van der Waals surface area contributed by atoms with Gasteiger partial charge in [-0.25, -0.2) is 9.37 Å². The van der Waals surface area contributed by atoms with E-state index in [2.05, 4.69) is 15.3 Å².